The van der Waals surface area contributed by atoms with Crippen molar-refractivity contribution in [2.24, 2.45) is 10.2 Å². The van der Waals surface area contributed by atoms with Gasteiger partial charge in [0.25, 0.3) is 0 Å². The molecule has 6 heteroatoms. The van der Waals surface area contributed by atoms with Gasteiger partial charge in [-0.25, -0.2) is 0 Å². The fourth-order valence-electron chi connectivity index (χ4n) is 1.13. The number of thiocarbonyl (C=S) groups is 1. The molecule has 0 bridgehead atoms. The Kier molecular flexibility index (Phi) is 3.23. The summed E-state index contributed by atoms with van der Waals surface area (Å²) in [7, 11) is 0. The Bertz CT molecular complexity index is 433. The number of azo groups is 1. The Morgan fingerprint density at radius 3 is 2.93 bits per heavy atom. The first-order chi connectivity index (χ1) is 7.15. The van der Waals surface area contributed by atoms with E-state index in [9.17, 15) is 0 Å². The second-order valence-corrected chi connectivity index (χ2v) is 5.18. The van der Waals surface area contributed by atoms with Gasteiger partial charge in [-0.1, -0.05) is 17.7 Å². The number of nitrogens with zero attached hydrogens (tertiary/aromatic N) is 2. The van der Waals surface area contributed by atoms with Crippen molar-refractivity contribution in [3.8, 4) is 0 Å². The quantitative estimate of drug-likeness (QED) is 0.818. The second kappa shape index (κ2) is 4.47. The molecule has 1 unspecified atom stereocenters. The minimum absolute atomic E-state index is 0.128. The standard InChI is InChI=1S/C9H8ClN3S2/c1-5-2-3-6(4-7(5)10)11-8-12-13-9(14)15-8/h2-4,8,11H,1H3. The monoisotopic (exact) mass is 257 g/mol. The molecular weight excluding hydrogens is 250 g/mol. The van der Waals surface area contributed by atoms with Gasteiger partial charge >= 0.3 is 0 Å². The third-order valence-electron chi connectivity index (χ3n) is 1.92. The number of anilines is 1. The van der Waals surface area contributed by atoms with Crippen LogP contribution in [0.25, 0.3) is 0 Å². The molecule has 1 atom stereocenters. The van der Waals surface area contributed by atoms with E-state index in [1.165, 1.54) is 11.8 Å². The van der Waals surface area contributed by atoms with Crippen molar-refractivity contribution in [2.75, 3.05) is 5.32 Å². The number of halogens is 1. The van der Waals surface area contributed by atoms with Gasteiger partial charge in [0.2, 0.25) is 0 Å². The summed E-state index contributed by atoms with van der Waals surface area (Å²) in [6.07, 6.45) is 0. The maximum atomic E-state index is 6.00. The van der Waals surface area contributed by atoms with Crippen molar-refractivity contribution < 1.29 is 0 Å². The van der Waals surface area contributed by atoms with Crippen molar-refractivity contribution in [1.82, 2.24) is 0 Å². The van der Waals surface area contributed by atoms with Crippen LogP contribution in [0.3, 0.4) is 0 Å². The smallest absolute Gasteiger partial charge is 0.194 e. The molecule has 15 heavy (non-hydrogen) atoms. The molecule has 0 aromatic heterocycles. The molecular formula is C9H8ClN3S2. The van der Waals surface area contributed by atoms with Crippen LogP contribution >= 0.6 is 35.6 Å². The van der Waals surface area contributed by atoms with Crippen LogP contribution in [0.2, 0.25) is 5.02 Å². The van der Waals surface area contributed by atoms with Gasteiger partial charge in [0.15, 0.2) is 9.82 Å². The second-order valence-electron chi connectivity index (χ2n) is 3.06. The molecule has 78 valence electrons. The number of thioether (sulfide) groups is 1. The minimum atomic E-state index is -0.128. The zero-order chi connectivity index (χ0) is 10.8. The fraction of sp³-hybridized carbons (Fsp3) is 0.222. The Labute approximate surface area is 102 Å². The van der Waals surface area contributed by atoms with Gasteiger partial charge < -0.3 is 5.32 Å². The van der Waals surface area contributed by atoms with E-state index in [4.69, 9.17) is 23.8 Å². The number of benzene rings is 1. The number of rotatable bonds is 2. The lowest BCUT2D eigenvalue weighted by molar-refractivity contribution is 0.996. The number of aryl methyl sites for hydroxylation is 1. The Morgan fingerprint density at radius 1 is 1.53 bits per heavy atom. The Morgan fingerprint density at radius 2 is 2.33 bits per heavy atom. The zero-order valence-electron chi connectivity index (χ0n) is 7.90. The molecule has 1 heterocycles. The van der Waals surface area contributed by atoms with Gasteiger partial charge in [0.05, 0.1) is 0 Å². The molecule has 0 amide bonds. The summed E-state index contributed by atoms with van der Waals surface area (Å²) >= 11 is 12.3. The van der Waals surface area contributed by atoms with Gasteiger partial charge in [0.1, 0.15) is 0 Å². The normalized spacial score (nSPS) is 19.6. The highest BCUT2D eigenvalue weighted by molar-refractivity contribution is 8.23. The van der Waals surface area contributed by atoms with E-state index in [1.54, 1.807) is 0 Å². The molecule has 1 aliphatic rings. The summed E-state index contributed by atoms with van der Waals surface area (Å²) in [4.78, 5) is 0. The fourth-order valence-corrected chi connectivity index (χ4v) is 2.20. The first-order valence-electron chi connectivity index (χ1n) is 4.29. The molecule has 1 aliphatic heterocycles. The molecule has 0 fully saturated rings. The van der Waals surface area contributed by atoms with Gasteiger partial charge in [-0.15, -0.1) is 10.2 Å². The van der Waals surface area contributed by atoms with Crippen LogP contribution in [-0.2, 0) is 0 Å². The van der Waals surface area contributed by atoms with E-state index in [0.717, 1.165) is 16.3 Å². The molecule has 1 N–H and O–H groups in total. The predicted octanol–water partition coefficient (Wildman–Crippen LogP) is 3.83. The minimum Gasteiger partial charge on any atom is -0.354 e. The largest absolute Gasteiger partial charge is 0.354 e. The highest BCUT2D eigenvalue weighted by atomic mass is 35.5. The van der Waals surface area contributed by atoms with Crippen molar-refractivity contribution in [3.05, 3.63) is 28.8 Å². The van der Waals surface area contributed by atoms with Gasteiger partial charge in [-0.3, -0.25) is 0 Å². The summed E-state index contributed by atoms with van der Waals surface area (Å²) in [5.41, 5.74) is 1.85. The van der Waals surface area contributed by atoms with Crippen LogP contribution in [0.5, 0.6) is 0 Å². The van der Waals surface area contributed by atoms with Crippen LogP contribution in [0, 0.1) is 6.92 Å². The highest BCUT2D eigenvalue weighted by Crippen LogP contribution is 2.27. The van der Waals surface area contributed by atoms with Crippen LogP contribution in [0.15, 0.2) is 28.4 Å². The Hall–Kier alpha value is -0.650. The van der Waals surface area contributed by atoms with Crippen LogP contribution in [0.1, 0.15) is 5.56 Å². The highest BCUT2D eigenvalue weighted by Gasteiger charge is 2.16. The first kappa shape index (κ1) is 10.9. The van der Waals surface area contributed by atoms with E-state index < -0.39 is 0 Å². The van der Waals surface area contributed by atoms with Crippen molar-refractivity contribution in [2.45, 2.75) is 12.4 Å². The lowest BCUT2D eigenvalue weighted by atomic mass is 10.2. The summed E-state index contributed by atoms with van der Waals surface area (Å²) in [6.45, 7) is 1.96. The maximum Gasteiger partial charge on any atom is 0.194 e. The molecule has 3 nitrogen and oxygen atoms in total. The topological polar surface area (TPSA) is 36.8 Å². The van der Waals surface area contributed by atoms with Gasteiger partial charge in [0, 0.05) is 10.7 Å². The molecule has 1 aromatic rings. The first-order valence-corrected chi connectivity index (χ1v) is 5.96. The molecule has 1 aromatic carbocycles. The van der Waals surface area contributed by atoms with E-state index in [2.05, 4.69) is 15.5 Å². The summed E-state index contributed by atoms with van der Waals surface area (Å²) in [5, 5.41) is 11.6. The van der Waals surface area contributed by atoms with Crippen LogP contribution in [-0.4, -0.2) is 9.82 Å². The maximum absolute atomic E-state index is 6.00. The van der Waals surface area contributed by atoms with E-state index >= 15 is 0 Å². The van der Waals surface area contributed by atoms with Crippen LogP contribution in [0.4, 0.5) is 5.69 Å². The van der Waals surface area contributed by atoms with E-state index in [-0.39, 0.29) is 5.50 Å². The average Bonchev–Trinajstić information content (AvgIpc) is 2.58. The average molecular weight is 258 g/mol. The Balaban J connectivity index is 2.08. The zero-order valence-corrected chi connectivity index (χ0v) is 10.3. The number of nitrogens with one attached hydrogen (secondary N) is 1. The molecule has 0 saturated heterocycles. The SMILES string of the molecule is Cc1ccc(NC2N=NC(=S)S2)cc1Cl. The van der Waals surface area contributed by atoms with Gasteiger partial charge in [-0.05, 0) is 48.6 Å². The summed E-state index contributed by atoms with van der Waals surface area (Å²) in [5.74, 6) is 0. The van der Waals surface area contributed by atoms with E-state index in [1.807, 2.05) is 25.1 Å². The van der Waals surface area contributed by atoms with Crippen molar-refractivity contribution in [1.29, 1.82) is 0 Å². The number of hydrogen-bond acceptors (Lipinski definition) is 4. The van der Waals surface area contributed by atoms with Crippen molar-refractivity contribution in [3.63, 3.8) is 0 Å². The summed E-state index contributed by atoms with van der Waals surface area (Å²) in [6, 6.07) is 5.78. The lowest BCUT2D eigenvalue weighted by Gasteiger charge is -2.09. The van der Waals surface area contributed by atoms with Crippen LogP contribution < -0.4 is 5.32 Å². The van der Waals surface area contributed by atoms with Gasteiger partial charge in [-0.2, -0.15) is 0 Å². The summed E-state index contributed by atoms with van der Waals surface area (Å²) < 4.78 is 0.561. The third-order valence-corrected chi connectivity index (χ3v) is 3.41. The third kappa shape index (κ3) is 2.68. The van der Waals surface area contributed by atoms with E-state index in [0.29, 0.717) is 4.32 Å². The molecule has 0 radical (unpaired) electrons. The molecule has 0 aliphatic carbocycles. The molecule has 2 rings (SSSR count). The predicted molar refractivity (Wildman–Crippen MR) is 68.6 cm³/mol. The van der Waals surface area contributed by atoms with Crippen molar-refractivity contribution >= 4 is 45.6 Å². The number of hydrogen-bond donors (Lipinski definition) is 1. The molecule has 0 saturated carbocycles. The lowest BCUT2D eigenvalue weighted by Crippen LogP contribution is -2.09. The molecule has 0 spiro atoms.